The third-order valence-electron chi connectivity index (χ3n) is 6.10. The molecule has 2 saturated heterocycles. The number of fused-ring (bicyclic) bond motifs is 1. The molecule has 2 aromatic carbocycles. The standard InChI is InChI=1S/C22H22FN3O4/c23-14-1-4-17(5-2-14)26-21(27)12-18(22(26)28)25-9-7-15(8-10-25)24-16-3-6-19-20(11-16)30-13-29-19/h1-6,11,15,18,24H,7-10,12-13H2/p+1/t18-/m1/s1. The van der Waals surface area contributed by atoms with Crippen LogP contribution in [0.4, 0.5) is 15.8 Å². The van der Waals surface area contributed by atoms with E-state index >= 15 is 0 Å². The largest absolute Gasteiger partial charge is 0.454 e. The Bertz CT molecular complexity index is 973. The van der Waals surface area contributed by atoms with E-state index in [2.05, 4.69) is 5.32 Å². The topological polar surface area (TPSA) is 72.3 Å². The van der Waals surface area contributed by atoms with Gasteiger partial charge >= 0.3 is 0 Å². The molecule has 0 unspecified atom stereocenters. The van der Waals surface area contributed by atoms with Gasteiger partial charge in [-0.05, 0) is 36.4 Å². The van der Waals surface area contributed by atoms with Crippen LogP contribution in [0.25, 0.3) is 0 Å². The Kier molecular flexibility index (Phi) is 4.78. The predicted octanol–water partition coefficient (Wildman–Crippen LogP) is 1.35. The van der Waals surface area contributed by atoms with Crippen LogP contribution in [-0.2, 0) is 9.59 Å². The minimum absolute atomic E-state index is 0.191. The average Bonchev–Trinajstić information content (AvgIpc) is 3.33. The molecule has 0 aliphatic carbocycles. The monoisotopic (exact) mass is 412 g/mol. The van der Waals surface area contributed by atoms with Crippen LogP contribution in [0, 0.1) is 5.82 Å². The third kappa shape index (κ3) is 3.47. The zero-order valence-electron chi connectivity index (χ0n) is 16.4. The Balaban J connectivity index is 1.20. The molecule has 2 amide bonds. The fourth-order valence-electron chi connectivity index (χ4n) is 4.52. The summed E-state index contributed by atoms with van der Waals surface area (Å²) in [5, 5.41) is 3.53. The average molecular weight is 412 g/mol. The number of hydrogen-bond acceptors (Lipinski definition) is 5. The third-order valence-corrected chi connectivity index (χ3v) is 6.10. The Labute approximate surface area is 173 Å². The highest BCUT2D eigenvalue weighted by molar-refractivity contribution is 6.21. The van der Waals surface area contributed by atoms with Gasteiger partial charge in [-0.1, -0.05) is 0 Å². The zero-order chi connectivity index (χ0) is 20.7. The van der Waals surface area contributed by atoms with Crippen molar-refractivity contribution < 1.29 is 28.4 Å². The molecule has 1 atom stereocenters. The van der Waals surface area contributed by atoms with Crippen molar-refractivity contribution >= 4 is 23.2 Å². The number of carbonyl (C=O) groups excluding carboxylic acids is 2. The number of piperidine rings is 1. The number of carbonyl (C=O) groups is 2. The van der Waals surface area contributed by atoms with Crippen LogP contribution in [0.1, 0.15) is 19.3 Å². The number of nitrogens with one attached hydrogen (secondary N) is 2. The first kappa shape index (κ1) is 18.9. The number of anilines is 2. The summed E-state index contributed by atoms with van der Waals surface area (Å²) < 4.78 is 24.0. The quantitative estimate of drug-likeness (QED) is 0.742. The van der Waals surface area contributed by atoms with Gasteiger partial charge in [-0.3, -0.25) is 9.59 Å². The maximum atomic E-state index is 13.2. The fourth-order valence-corrected chi connectivity index (χ4v) is 4.52. The van der Waals surface area contributed by atoms with Crippen molar-refractivity contribution in [3.8, 4) is 11.5 Å². The van der Waals surface area contributed by atoms with Gasteiger partial charge in [0.25, 0.3) is 5.91 Å². The normalized spacial score (nSPS) is 25.6. The predicted molar refractivity (Wildman–Crippen MR) is 107 cm³/mol. The molecular weight excluding hydrogens is 389 g/mol. The van der Waals surface area contributed by atoms with Gasteiger partial charge < -0.3 is 19.7 Å². The van der Waals surface area contributed by atoms with E-state index in [1.54, 1.807) is 0 Å². The van der Waals surface area contributed by atoms with Crippen LogP contribution >= 0.6 is 0 Å². The number of amides is 2. The molecule has 3 aliphatic heterocycles. The molecule has 156 valence electrons. The Hall–Kier alpha value is -3.13. The molecule has 2 aromatic rings. The molecule has 0 spiro atoms. The van der Waals surface area contributed by atoms with Gasteiger partial charge in [0.1, 0.15) is 5.82 Å². The molecule has 30 heavy (non-hydrogen) atoms. The van der Waals surface area contributed by atoms with E-state index in [0.29, 0.717) is 11.7 Å². The van der Waals surface area contributed by atoms with Gasteiger partial charge in [0.15, 0.2) is 17.5 Å². The lowest BCUT2D eigenvalue weighted by Crippen LogP contribution is -3.17. The molecule has 3 heterocycles. The summed E-state index contributed by atoms with van der Waals surface area (Å²) in [4.78, 5) is 27.8. The van der Waals surface area contributed by atoms with Gasteiger partial charge in [0.05, 0.1) is 25.2 Å². The number of benzene rings is 2. The van der Waals surface area contributed by atoms with Crippen LogP contribution in [0.3, 0.4) is 0 Å². The maximum absolute atomic E-state index is 13.2. The highest BCUT2D eigenvalue weighted by Crippen LogP contribution is 2.34. The van der Waals surface area contributed by atoms with E-state index < -0.39 is 5.82 Å². The first-order chi connectivity index (χ1) is 14.6. The molecule has 2 N–H and O–H groups in total. The molecule has 8 heteroatoms. The van der Waals surface area contributed by atoms with E-state index in [4.69, 9.17) is 9.47 Å². The first-order valence-electron chi connectivity index (χ1n) is 10.2. The molecule has 7 nitrogen and oxygen atoms in total. The van der Waals surface area contributed by atoms with Crippen molar-refractivity contribution in [3.05, 3.63) is 48.3 Å². The van der Waals surface area contributed by atoms with Crippen molar-refractivity contribution in [2.45, 2.75) is 31.3 Å². The number of imide groups is 1. The number of ether oxygens (including phenoxy) is 2. The minimum atomic E-state index is -0.392. The summed E-state index contributed by atoms with van der Waals surface area (Å²) in [7, 11) is 0. The second kappa shape index (κ2) is 7.60. The first-order valence-corrected chi connectivity index (χ1v) is 10.2. The van der Waals surface area contributed by atoms with Gasteiger partial charge in [-0.15, -0.1) is 0 Å². The zero-order valence-corrected chi connectivity index (χ0v) is 16.4. The van der Waals surface area contributed by atoms with Crippen LogP contribution < -0.4 is 24.6 Å². The Morgan fingerprint density at radius 1 is 1.00 bits per heavy atom. The molecule has 0 saturated carbocycles. The van der Waals surface area contributed by atoms with E-state index in [1.807, 2.05) is 18.2 Å². The number of halogens is 1. The summed E-state index contributed by atoms with van der Waals surface area (Å²) >= 11 is 0. The van der Waals surface area contributed by atoms with Crippen molar-refractivity contribution in [3.63, 3.8) is 0 Å². The van der Waals surface area contributed by atoms with Crippen molar-refractivity contribution in [1.82, 2.24) is 0 Å². The summed E-state index contributed by atoms with van der Waals surface area (Å²) in [6.45, 7) is 1.87. The van der Waals surface area contributed by atoms with Crippen molar-refractivity contribution in [2.24, 2.45) is 0 Å². The van der Waals surface area contributed by atoms with Crippen LogP contribution in [0.5, 0.6) is 11.5 Å². The van der Waals surface area contributed by atoms with Crippen molar-refractivity contribution in [1.29, 1.82) is 0 Å². The van der Waals surface area contributed by atoms with Gasteiger partial charge in [-0.25, -0.2) is 9.29 Å². The van der Waals surface area contributed by atoms with Gasteiger partial charge in [0, 0.05) is 30.6 Å². The lowest BCUT2D eigenvalue weighted by molar-refractivity contribution is -0.919. The maximum Gasteiger partial charge on any atom is 0.292 e. The van der Waals surface area contributed by atoms with E-state index in [-0.39, 0.29) is 31.1 Å². The lowest BCUT2D eigenvalue weighted by Gasteiger charge is -2.32. The number of hydrogen-bond donors (Lipinski definition) is 2. The van der Waals surface area contributed by atoms with E-state index in [0.717, 1.165) is 48.0 Å². The van der Waals surface area contributed by atoms with E-state index in [9.17, 15) is 14.0 Å². The van der Waals surface area contributed by atoms with Crippen LogP contribution in [0.15, 0.2) is 42.5 Å². The SMILES string of the molecule is O=C1C[C@@H]([NH+]2CCC(Nc3ccc4c(c3)OCO4)CC2)C(=O)N1c1ccc(F)cc1. The molecular formula is C22H23FN3O4+. The number of likely N-dealkylation sites (tertiary alicyclic amines) is 1. The lowest BCUT2D eigenvalue weighted by atomic mass is 10.0. The van der Waals surface area contributed by atoms with Crippen molar-refractivity contribution in [2.75, 3.05) is 30.1 Å². The molecule has 5 rings (SSSR count). The Morgan fingerprint density at radius 3 is 2.50 bits per heavy atom. The van der Waals surface area contributed by atoms with Crippen LogP contribution in [-0.4, -0.2) is 43.8 Å². The van der Waals surface area contributed by atoms with Gasteiger partial charge in [-0.2, -0.15) is 0 Å². The number of nitrogens with zero attached hydrogens (tertiary/aromatic N) is 1. The smallest absolute Gasteiger partial charge is 0.292 e. The molecule has 0 bridgehead atoms. The van der Waals surface area contributed by atoms with Gasteiger partial charge in [0.2, 0.25) is 12.7 Å². The number of rotatable bonds is 4. The molecule has 0 radical (unpaired) electrons. The summed E-state index contributed by atoms with van der Waals surface area (Å²) in [5.41, 5.74) is 1.43. The van der Waals surface area contributed by atoms with E-state index in [1.165, 1.54) is 29.2 Å². The minimum Gasteiger partial charge on any atom is -0.454 e. The summed E-state index contributed by atoms with van der Waals surface area (Å²) in [6.07, 6.45) is 2.00. The molecule has 0 aromatic heterocycles. The highest BCUT2D eigenvalue weighted by atomic mass is 19.1. The molecule has 2 fully saturated rings. The number of quaternary nitrogens is 1. The van der Waals surface area contributed by atoms with Crippen LogP contribution in [0.2, 0.25) is 0 Å². The second-order valence-corrected chi connectivity index (χ2v) is 7.95. The summed E-state index contributed by atoms with van der Waals surface area (Å²) in [6, 6.07) is 11.2. The highest BCUT2D eigenvalue weighted by Gasteiger charge is 2.46. The summed E-state index contributed by atoms with van der Waals surface area (Å²) in [5.74, 6) is 0.708. The fraction of sp³-hybridized carbons (Fsp3) is 0.364. The second-order valence-electron chi connectivity index (χ2n) is 7.95. The Morgan fingerprint density at radius 2 is 1.73 bits per heavy atom. The molecule has 3 aliphatic rings.